The van der Waals surface area contributed by atoms with E-state index in [-0.39, 0.29) is 5.91 Å². The first-order chi connectivity index (χ1) is 15.1. The molecule has 1 aliphatic heterocycles. The molecule has 2 N–H and O–H groups in total. The van der Waals surface area contributed by atoms with E-state index in [2.05, 4.69) is 31.0 Å². The lowest BCUT2D eigenvalue weighted by Gasteiger charge is -2.38. The predicted molar refractivity (Wildman–Crippen MR) is 111 cm³/mol. The minimum Gasteiger partial charge on any atom is -0.475 e. The lowest BCUT2D eigenvalue weighted by atomic mass is 9.85. The molecule has 12 heteroatoms. The molecule has 3 heterocycles. The third-order valence-corrected chi connectivity index (χ3v) is 6.32. The van der Waals surface area contributed by atoms with Gasteiger partial charge in [0.2, 0.25) is 0 Å². The normalized spacial score (nSPS) is 18.8. The zero-order valence-corrected chi connectivity index (χ0v) is 18.5. The van der Waals surface area contributed by atoms with Crippen LogP contribution in [-0.4, -0.2) is 62.5 Å². The molecular formula is C20H26F3N5O3S. The van der Waals surface area contributed by atoms with Gasteiger partial charge in [-0.3, -0.25) is 14.4 Å². The standard InChI is InChI=1S/C18H25N5OS.C2HF3O2/c1-13-21-17(12-25-13)18(24)19-7-5-15-10-22(9-14-3-2-4-14)11-16-6-8-20-23(15)16;3-2(4,5)1(6)7/h6,8,12,14-15H,2-5,7,9-11H2,1H3,(H,19,24);(H,6,7). The van der Waals surface area contributed by atoms with E-state index in [4.69, 9.17) is 9.90 Å². The van der Waals surface area contributed by atoms with Crippen LogP contribution >= 0.6 is 11.3 Å². The van der Waals surface area contributed by atoms with E-state index in [1.807, 2.05) is 18.5 Å². The molecule has 0 bridgehead atoms. The van der Waals surface area contributed by atoms with Crippen LogP contribution in [0.5, 0.6) is 0 Å². The average molecular weight is 474 g/mol. The molecule has 2 aromatic heterocycles. The Morgan fingerprint density at radius 3 is 2.62 bits per heavy atom. The number of nitrogens with zero attached hydrogens (tertiary/aromatic N) is 4. The highest BCUT2D eigenvalue weighted by atomic mass is 32.1. The number of amides is 1. The van der Waals surface area contributed by atoms with Crippen molar-refractivity contribution in [1.29, 1.82) is 0 Å². The van der Waals surface area contributed by atoms with Crippen LogP contribution in [-0.2, 0) is 11.3 Å². The lowest BCUT2D eigenvalue weighted by molar-refractivity contribution is -0.192. The summed E-state index contributed by atoms with van der Waals surface area (Å²) in [7, 11) is 0. The van der Waals surface area contributed by atoms with Crippen molar-refractivity contribution in [1.82, 2.24) is 25.0 Å². The van der Waals surface area contributed by atoms with Crippen LogP contribution in [0.25, 0.3) is 0 Å². The summed E-state index contributed by atoms with van der Waals surface area (Å²) in [5.41, 5.74) is 1.81. The fourth-order valence-electron chi connectivity index (χ4n) is 3.77. The molecule has 1 fully saturated rings. The molecule has 1 saturated carbocycles. The topological polar surface area (TPSA) is 100 Å². The summed E-state index contributed by atoms with van der Waals surface area (Å²) in [6.07, 6.45) is 1.85. The van der Waals surface area contributed by atoms with Gasteiger partial charge in [0.25, 0.3) is 5.91 Å². The summed E-state index contributed by atoms with van der Waals surface area (Å²) in [5, 5.41) is 17.4. The Hall–Kier alpha value is -2.47. The number of halogens is 3. The van der Waals surface area contributed by atoms with E-state index >= 15 is 0 Å². The Morgan fingerprint density at radius 1 is 1.34 bits per heavy atom. The highest BCUT2D eigenvalue weighted by molar-refractivity contribution is 7.09. The van der Waals surface area contributed by atoms with Gasteiger partial charge in [0, 0.05) is 37.8 Å². The van der Waals surface area contributed by atoms with Crippen molar-refractivity contribution in [3.63, 3.8) is 0 Å². The van der Waals surface area contributed by atoms with Gasteiger partial charge in [-0.2, -0.15) is 18.3 Å². The number of aryl methyl sites for hydroxylation is 1. The molecule has 0 radical (unpaired) electrons. The van der Waals surface area contributed by atoms with Gasteiger partial charge in [0.15, 0.2) is 0 Å². The SMILES string of the molecule is Cc1nc(C(=O)NCCC2CN(CC3CCC3)Cc3ccnn32)cs1.O=C(O)C(F)(F)F. The Kier molecular flexibility index (Phi) is 7.88. The number of rotatable bonds is 6. The summed E-state index contributed by atoms with van der Waals surface area (Å²) in [5.74, 6) is -1.96. The Labute approximate surface area is 187 Å². The monoisotopic (exact) mass is 473 g/mol. The summed E-state index contributed by atoms with van der Waals surface area (Å²) in [6.45, 7) is 5.79. The number of carboxylic acid groups (broad SMARTS) is 1. The molecule has 8 nitrogen and oxygen atoms in total. The van der Waals surface area contributed by atoms with Gasteiger partial charge < -0.3 is 10.4 Å². The maximum atomic E-state index is 12.2. The number of hydrogen-bond donors (Lipinski definition) is 2. The van der Waals surface area contributed by atoms with Gasteiger partial charge in [-0.1, -0.05) is 6.42 Å². The maximum Gasteiger partial charge on any atom is 0.490 e. The lowest BCUT2D eigenvalue weighted by Crippen LogP contribution is -2.42. The van der Waals surface area contributed by atoms with Crippen LogP contribution in [0.1, 0.15) is 52.9 Å². The van der Waals surface area contributed by atoms with Crippen molar-refractivity contribution in [2.75, 3.05) is 19.6 Å². The van der Waals surface area contributed by atoms with Crippen LogP contribution in [0, 0.1) is 12.8 Å². The van der Waals surface area contributed by atoms with Crippen molar-refractivity contribution >= 4 is 23.2 Å². The Bertz CT molecular complexity index is 926. The zero-order valence-electron chi connectivity index (χ0n) is 17.6. The first-order valence-corrected chi connectivity index (χ1v) is 11.3. The number of thiazole rings is 1. The number of fused-ring (bicyclic) bond motifs is 1. The molecule has 0 aromatic carbocycles. The molecule has 1 atom stereocenters. The van der Waals surface area contributed by atoms with Gasteiger partial charge in [-0.05, 0) is 38.2 Å². The van der Waals surface area contributed by atoms with Gasteiger partial charge in [-0.25, -0.2) is 9.78 Å². The van der Waals surface area contributed by atoms with Crippen molar-refractivity contribution in [2.24, 2.45) is 5.92 Å². The number of nitrogens with one attached hydrogen (secondary N) is 1. The van der Waals surface area contributed by atoms with Crippen LogP contribution < -0.4 is 5.32 Å². The number of carbonyl (C=O) groups is 2. The van der Waals surface area contributed by atoms with Gasteiger partial charge >= 0.3 is 12.1 Å². The van der Waals surface area contributed by atoms with Crippen molar-refractivity contribution in [3.8, 4) is 0 Å². The minimum atomic E-state index is -5.08. The Balaban J connectivity index is 0.000000360. The minimum absolute atomic E-state index is 0.0767. The van der Waals surface area contributed by atoms with Gasteiger partial charge in [0.1, 0.15) is 5.69 Å². The summed E-state index contributed by atoms with van der Waals surface area (Å²) in [4.78, 5) is 27.9. The van der Waals surface area contributed by atoms with Gasteiger partial charge in [0.05, 0.1) is 16.7 Å². The molecular weight excluding hydrogens is 447 g/mol. The fourth-order valence-corrected chi connectivity index (χ4v) is 4.36. The summed E-state index contributed by atoms with van der Waals surface area (Å²) < 4.78 is 33.9. The van der Waals surface area contributed by atoms with Gasteiger partial charge in [-0.15, -0.1) is 11.3 Å². The fraction of sp³-hybridized carbons (Fsp3) is 0.600. The van der Waals surface area contributed by atoms with Crippen molar-refractivity contribution < 1.29 is 27.9 Å². The van der Waals surface area contributed by atoms with E-state index in [9.17, 15) is 18.0 Å². The zero-order chi connectivity index (χ0) is 23.3. The quantitative estimate of drug-likeness (QED) is 0.668. The third-order valence-electron chi connectivity index (χ3n) is 5.55. The number of carboxylic acids is 1. The number of aromatic nitrogens is 3. The van der Waals surface area contributed by atoms with E-state index in [1.54, 1.807) is 0 Å². The van der Waals surface area contributed by atoms with Crippen LogP contribution in [0.2, 0.25) is 0 Å². The predicted octanol–water partition coefficient (Wildman–Crippen LogP) is 3.26. The van der Waals surface area contributed by atoms with Crippen LogP contribution in [0.4, 0.5) is 13.2 Å². The molecule has 0 spiro atoms. The first kappa shape index (κ1) is 24.2. The molecule has 2 aliphatic rings. The van der Waals surface area contributed by atoms with Crippen LogP contribution in [0.3, 0.4) is 0 Å². The Morgan fingerprint density at radius 2 is 2.06 bits per heavy atom. The second-order valence-corrected chi connectivity index (χ2v) is 9.07. The average Bonchev–Trinajstić information content (AvgIpc) is 3.33. The number of aliphatic carboxylic acids is 1. The smallest absolute Gasteiger partial charge is 0.475 e. The number of hydrogen-bond acceptors (Lipinski definition) is 6. The molecule has 176 valence electrons. The summed E-state index contributed by atoms with van der Waals surface area (Å²) >= 11 is 1.51. The summed E-state index contributed by atoms with van der Waals surface area (Å²) in [6, 6.07) is 2.45. The van der Waals surface area contributed by atoms with E-state index in [0.29, 0.717) is 18.3 Å². The highest BCUT2D eigenvalue weighted by Crippen LogP contribution is 2.30. The second kappa shape index (κ2) is 10.4. The molecule has 1 amide bonds. The number of carbonyl (C=O) groups excluding carboxylic acids is 1. The third kappa shape index (κ3) is 6.52. The number of alkyl halides is 3. The molecule has 32 heavy (non-hydrogen) atoms. The molecule has 1 aliphatic carbocycles. The van der Waals surface area contributed by atoms with E-state index in [1.165, 1.54) is 42.8 Å². The maximum absolute atomic E-state index is 12.2. The van der Waals surface area contributed by atoms with Crippen molar-refractivity contribution in [3.05, 3.63) is 34.0 Å². The van der Waals surface area contributed by atoms with E-state index < -0.39 is 12.1 Å². The molecule has 4 rings (SSSR count). The first-order valence-electron chi connectivity index (χ1n) is 10.4. The van der Waals surface area contributed by atoms with Crippen LogP contribution in [0.15, 0.2) is 17.6 Å². The van der Waals surface area contributed by atoms with E-state index in [0.717, 1.165) is 30.4 Å². The largest absolute Gasteiger partial charge is 0.490 e. The molecule has 0 saturated heterocycles. The highest BCUT2D eigenvalue weighted by Gasteiger charge is 2.38. The molecule has 2 aromatic rings. The van der Waals surface area contributed by atoms with Crippen molar-refractivity contribution in [2.45, 2.75) is 51.4 Å². The molecule has 1 unspecified atom stereocenters. The second-order valence-electron chi connectivity index (χ2n) is 8.01.